The fourth-order valence-electron chi connectivity index (χ4n) is 4.34. The first kappa shape index (κ1) is 21.0. The lowest BCUT2D eigenvalue weighted by atomic mass is 9.79. The third-order valence-electron chi connectivity index (χ3n) is 5.94. The Hall–Kier alpha value is -3.21. The highest BCUT2D eigenvalue weighted by Crippen LogP contribution is 2.37. The lowest BCUT2D eigenvalue weighted by Gasteiger charge is -2.26. The Bertz CT molecular complexity index is 1100. The van der Waals surface area contributed by atoms with Crippen molar-refractivity contribution in [1.29, 1.82) is 0 Å². The van der Waals surface area contributed by atoms with Crippen molar-refractivity contribution in [2.45, 2.75) is 44.9 Å². The molecule has 5 heteroatoms. The molecular weight excluding hydrogens is 393 g/mol. The van der Waals surface area contributed by atoms with Gasteiger partial charge in [0.1, 0.15) is 5.75 Å². The maximum Gasteiger partial charge on any atom is 0.338 e. The van der Waals surface area contributed by atoms with E-state index >= 15 is 0 Å². The molecule has 0 unspecified atom stereocenters. The number of aryl methyl sites for hydroxylation is 3. The van der Waals surface area contributed by atoms with Gasteiger partial charge in [-0.25, -0.2) is 9.18 Å². The summed E-state index contributed by atoms with van der Waals surface area (Å²) in [5, 5.41) is 0. The number of ether oxygens (including phenoxy) is 2. The van der Waals surface area contributed by atoms with Crippen LogP contribution in [0, 0.1) is 12.7 Å². The van der Waals surface area contributed by atoms with E-state index < -0.39 is 0 Å². The third kappa shape index (κ3) is 4.76. The number of methoxy groups -OCH3 is 1. The van der Waals surface area contributed by atoms with E-state index in [4.69, 9.17) is 9.47 Å². The monoisotopic (exact) mass is 419 g/mol. The number of nitrogens with zero attached hydrogens (tertiary/aromatic N) is 1. The molecule has 0 spiro atoms. The Morgan fingerprint density at radius 2 is 2.06 bits per heavy atom. The summed E-state index contributed by atoms with van der Waals surface area (Å²) in [7, 11) is 1.39. The molecule has 160 valence electrons. The largest absolute Gasteiger partial charge is 0.465 e. The number of hydrogen-bond donors (Lipinski definition) is 0. The molecule has 0 amide bonds. The predicted molar refractivity (Wildman–Crippen MR) is 117 cm³/mol. The van der Waals surface area contributed by atoms with E-state index in [9.17, 15) is 9.18 Å². The van der Waals surface area contributed by atoms with E-state index in [1.807, 2.05) is 25.1 Å². The van der Waals surface area contributed by atoms with Gasteiger partial charge in [0.25, 0.3) is 0 Å². The maximum absolute atomic E-state index is 14.2. The van der Waals surface area contributed by atoms with E-state index in [0.29, 0.717) is 17.2 Å². The van der Waals surface area contributed by atoms with E-state index in [2.05, 4.69) is 11.1 Å². The van der Waals surface area contributed by atoms with Gasteiger partial charge in [-0.3, -0.25) is 4.98 Å². The highest BCUT2D eigenvalue weighted by molar-refractivity contribution is 5.90. The fourth-order valence-corrected chi connectivity index (χ4v) is 4.34. The van der Waals surface area contributed by atoms with Crippen LogP contribution in [0.3, 0.4) is 0 Å². The molecule has 1 aliphatic rings. The number of halogens is 1. The number of carbonyl (C=O) groups excluding carboxylic acids is 1. The topological polar surface area (TPSA) is 48.4 Å². The molecule has 4 nitrogen and oxygen atoms in total. The van der Waals surface area contributed by atoms with E-state index in [1.165, 1.54) is 24.3 Å². The molecule has 0 N–H and O–H groups in total. The number of esters is 1. The summed E-state index contributed by atoms with van der Waals surface area (Å²) in [4.78, 5) is 16.2. The summed E-state index contributed by atoms with van der Waals surface area (Å²) < 4.78 is 24.9. The van der Waals surface area contributed by atoms with E-state index in [-0.39, 0.29) is 17.5 Å². The number of rotatable bonds is 6. The predicted octanol–water partition coefficient (Wildman–Crippen LogP) is 6.16. The van der Waals surface area contributed by atoms with Gasteiger partial charge in [-0.2, -0.15) is 0 Å². The molecule has 0 radical (unpaired) electrons. The second-order valence-corrected chi connectivity index (χ2v) is 8.05. The van der Waals surface area contributed by atoms with Crippen LogP contribution in [-0.2, 0) is 17.6 Å². The summed E-state index contributed by atoms with van der Waals surface area (Å²) in [5.41, 5.74) is 4.92. The van der Waals surface area contributed by atoms with Crippen molar-refractivity contribution in [2.75, 3.05) is 7.11 Å². The molecule has 4 rings (SSSR count). The Labute approximate surface area is 182 Å². The first-order valence-electron chi connectivity index (χ1n) is 10.6. The van der Waals surface area contributed by atoms with Gasteiger partial charge in [-0.05, 0) is 97.5 Å². The van der Waals surface area contributed by atoms with Crippen LogP contribution in [0.5, 0.6) is 11.5 Å². The normalized spacial score (nSPS) is 15.3. The summed E-state index contributed by atoms with van der Waals surface area (Å²) in [6.07, 6.45) is 8.24. The highest BCUT2D eigenvalue weighted by Gasteiger charge is 2.22. The van der Waals surface area contributed by atoms with Crippen LogP contribution in [0.1, 0.15) is 57.8 Å². The van der Waals surface area contributed by atoms with Crippen molar-refractivity contribution in [2.24, 2.45) is 0 Å². The van der Waals surface area contributed by atoms with Crippen molar-refractivity contribution in [3.05, 3.63) is 88.5 Å². The molecular formula is C26H26FNO3. The van der Waals surface area contributed by atoms with Gasteiger partial charge < -0.3 is 9.47 Å². The molecule has 0 fully saturated rings. The van der Waals surface area contributed by atoms with Crippen molar-refractivity contribution in [3.8, 4) is 11.5 Å². The number of fused-ring (bicyclic) bond motifs is 1. The summed E-state index contributed by atoms with van der Waals surface area (Å²) in [6.45, 7) is 1.85. The van der Waals surface area contributed by atoms with Crippen molar-refractivity contribution < 1.29 is 18.7 Å². The smallest absolute Gasteiger partial charge is 0.338 e. The Balaban J connectivity index is 1.49. The van der Waals surface area contributed by atoms with Gasteiger partial charge in [0, 0.05) is 12.4 Å². The molecule has 1 aliphatic carbocycles. The Morgan fingerprint density at radius 1 is 1.19 bits per heavy atom. The van der Waals surface area contributed by atoms with Crippen LogP contribution in [0.2, 0.25) is 0 Å². The van der Waals surface area contributed by atoms with Crippen LogP contribution in [-0.4, -0.2) is 18.1 Å². The van der Waals surface area contributed by atoms with Crippen LogP contribution in [0.25, 0.3) is 0 Å². The molecule has 0 bridgehead atoms. The standard InChI is InChI=1S/C26H26FNO3/c1-17-6-11-25(24(27)14-17)31-21-9-10-22-18(4-3-5-19(22)15-21)7-8-20-16-28-13-12-23(20)26(29)30-2/h6,9-16,18H,3-5,7-8H2,1-2H3/t18-/m0/s1. The SMILES string of the molecule is COC(=O)c1ccncc1CC[C@@H]1CCCc2cc(Oc3ccc(C)cc3F)ccc21. The summed E-state index contributed by atoms with van der Waals surface area (Å²) >= 11 is 0. The van der Waals surface area contributed by atoms with Crippen molar-refractivity contribution in [1.82, 2.24) is 4.98 Å². The maximum atomic E-state index is 14.2. The molecule has 2 aromatic carbocycles. The van der Waals surface area contributed by atoms with E-state index in [1.54, 1.807) is 24.5 Å². The van der Waals surface area contributed by atoms with Gasteiger partial charge in [-0.1, -0.05) is 12.1 Å². The van der Waals surface area contributed by atoms with Crippen LogP contribution in [0.15, 0.2) is 54.9 Å². The first-order valence-corrected chi connectivity index (χ1v) is 10.6. The number of benzene rings is 2. The van der Waals surface area contributed by atoms with Gasteiger partial charge >= 0.3 is 5.97 Å². The van der Waals surface area contributed by atoms with E-state index in [0.717, 1.165) is 43.2 Å². The fraction of sp³-hybridized carbons (Fsp3) is 0.308. The Kier molecular flexibility index (Phi) is 6.31. The van der Waals surface area contributed by atoms with Gasteiger partial charge in [0.05, 0.1) is 12.7 Å². The average Bonchev–Trinajstić information content (AvgIpc) is 2.79. The van der Waals surface area contributed by atoms with Crippen LogP contribution >= 0.6 is 0 Å². The third-order valence-corrected chi connectivity index (χ3v) is 5.94. The molecule has 3 aromatic rings. The molecule has 1 aromatic heterocycles. The van der Waals surface area contributed by atoms with Crippen LogP contribution < -0.4 is 4.74 Å². The van der Waals surface area contributed by atoms with Crippen LogP contribution in [0.4, 0.5) is 4.39 Å². The first-order chi connectivity index (χ1) is 15.0. The second kappa shape index (κ2) is 9.29. The quantitative estimate of drug-likeness (QED) is 0.449. The minimum atomic E-state index is -0.353. The van der Waals surface area contributed by atoms with Gasteiger partial charge in [-0.15, -0.1) is 0 Å². The number of aromatic nitrogens is 1. The summed E-state index contributed by atoms with van der Waals surface area (Å²) in [6, 6.07) is 12.7. The Morgan fingerprint density at radius 3 is 2.87 bits per heavy atom. The minimum absolute atomic E-state index is 0.241. The van der Waals surface area contributed by atoms with Crippen molar-refractivity contribution in [3.63, 3.8) is 0 Å². The molecule has 0 saturated carbocycles. The lowest BCUT2D eigenvalue weighted by molar-refractivity contribution is 0.0599. The average molecular weight is 419 g/mol. The number of pyridine rings is 1. The highest BCUT2D eigenvalue weighted by atomic mass is 19.1. The number of carbonyl (C=O) groups is 1. The zero-order valence-electron chi connectivity index (χ0n) is 17.9. The van der Waals surface area contributed by atoms with Gasteiger partial charge in [0.15, 0.2) is 11.6 Å². The zero-order valence-corrected chi connectivity index (χ0v) is 17.9. The van der Waals surface area contributed by atoms with Gasteiger partial charge in [0.2, 0.25) is 0 Å². The number of hydrogen-bond acceptors (Lipinski definition) is 4. The summed E-state index contributed by atoms with van der Waals surface area (Å²) in [5.74, 6) is 0.617. The minimum Gasteiger partial charge on any atom is -0.465 e. The molecule has 0 aliphatic heterocycles. The molecule has 31 heavy (non-hydrogen) atoms. The zero-order chi connectivity index (χ0) is 21.8. The lowest BCUT2D eigenvalue weighted by Crippen LogP contribution is -2.12. The van der Waals surface area contributed by atoms with Crippen molar-refractivity contribution >= 4 is 5.97 Å². The molecule has 1 atom stereocenters. The molecule has 1 heterocycles. The second-order valence-electron chi connectivity index (χ2n) is 8.05. The molecule has 0 saturated heterocycles.